The van der Waals surface area contributed by atoms with Crippen molar-refractivity contribution in [3.05, 3.63) is 28.8 Å². The van der Waals surface area contributed by atoms with Crippen LogP contribution in [0, 0.1) is 0 Å². The van der Waals surface area contributed by atoms with Gasteiger partial charge >= 0.3 is 12.3 Å². The zero-order valence-corrected chi connectivity index (χ0v) is 15.4. The number of alkyl halides is 3. The van der Waals surface area contributed by atoms with Crippen LogP contribution in [-0.4, -0.2) is 45.1 Å². The molecule has 6 nitrogen and oxygen atoms in total. The molecule has 1 heterocycles. The Bertz CT molecular complexity index is 763. The monoisotopic (exact) mass is 414 g/mol. The standard InChI is InChI=1S/C15H18ClF3N2O4S/c1-2-25-14(22)21-7-5-11(6-8-21)20-26(23,24)13-4-3-10(16)9-12(13)15(17,18)19/h3-4,9,11,20H,2,5-8H2,1H3. The number of likely N-dealkylation sites (tertiary alicyclic amines) is 1. The Hall–Kier alpha value is -1.52. The van der Waals surface area contributed by atoms with Crippen molar-refractivity contribution < 1.29 is 31.1 Å². The van der Waals surface area contributed by atoms with Crippen LogP contribution in [0.15, 0.2) is 23.1 Å². The number of rotatable bonds is 4. The predicted octanol–water partition coefficient (Wildman–Crippen LogP) is 3.26. The summed E-state index contributed by atoms with van der Waals surface area (Å²) in [5, 5.41) is -0.209. The average molecular weight is 415 g/mol. The topological polar surface area (TPSA) is 75.7 Å². The van der Waals surface area contributed by atoms with Crippen LogP contribution in [0.5, 0.6) is 0 Å². The molecule has 0 unspecified atom stereocenters. The Kier molecular flexibility index (Phi) is 6.41. The summed E-state index contributed by atoms with van der Waals surface area (Å²) in [7, 11) is -4.40. The number of ether oxygens (including phenoxy) is 1. The molecule has 2 rings (SSSR count). The Morgan fingerprint density at radius 3 is 2.50 bits per heavy atom. The van der Waals surface area contributed by atoms with E-state index >= 15 is 0 Å². The predicted molar refractivity (Wildman–Crippen MR) is 88.4 cm³/mol. The van der Waals surface area contributed by atoms with Gasteiger partial charge in [0, 0.05) is 24.2 Å². The molecule has 0 aromatic heterocycles. The first-order valence-electron chi connectivity index (χ1n) is 7.85. The lowest BCUT2D eigenvalue weighted by molar-refractivity contribution is -0.139. The molecule has 1 aromatic carbocycles. The van der Waals surface area contributed by atoms with Crippen molar-refractivity contribution >= 4 is 27.7 Å². The van der Waals surface area contributed by atoms with Crippen molar-refractivity contribution in [3.8, 4) is 0 Å². The van der Waals surface area contributed by atoms with E-state index in [2.05, 4.69) is 4.72 Å². The molecule has 1 saturated heterocycles. The maximum atomic E-state index is 13.1. The molecule has 0 aliphatic carbocycles. The summed E-state index contributed by atoms with van der Waals surface area (Å²) >= 11 is 5.57. The van der Waals surface area contributed by atoms with Gasteiger partial charge in [-0.05, 0) is 38.0 Å². The summed E-state index contributed by atoms with van der Waals surface area (Å²) in [6.07, 6.45) is -4.81. The molecule has 1 aliphatic rings. The quantitative estimate of drug-likeness (QED) is 0.820. The molecule has 1 N–H and O–H groups in total. The number of carbonyl (C=O) groups is 1. The number of nitrogens with zero attached hydrogens (tertiary/aromatic N) is 1. The van der Waals surface area contributed by atoms with Crippen molar-refractivity contribution in [1.29, 1.82) is 0 Å². The lowest BCUT2D eigenvalue weighted by Gasteiger charge is -2.31. The van der Waals surface area contributed by atoms with E-state index in [1.807, 2.05) is 0 Å². The molecule has 1 fully saturated rings. The molecule has 0 radical (unpaired) electrons. The van der Waals surface area contributed by atoms with Crippen LogP contribution >= 0.6 is 11.6 Å². The molecule has 26 heavy (non-hydrogen) atoms. The highest BCUT2D eigenvalue weighted by atomic mass is 35.5. The minimum absolute atomic E-state index is 0.209. The van der Waals surface area contributed by atoms with Gasteiger partial charge in [-0.3, -0.25) is 0 Å². The number of benzene rings is 1. The first-order chi connectivity index (χ1) is 12.0. The lowest BCUT2D eigenvalue weighted by Crippen LogP contribution is -2.46. The van der Waals surface area contributed by atoms with E-state index in [1.54, 1.807) is 6.92 Å². The second kappa shape index (κ2) is 8.01. The van der Waals surface area contributed by atoms with E-state index in [4.69, 9.17) is 16.3 Å². The molecule has 0 bridgehead atoms. The van der Waals surface area contributed by atoms with E-state index in [0.29, 0.717) is 6.07 Å². The van der Waals surface area contributed by atoms with Gasteiger partial charge in [0.25, 0.3) is 0 Å². The third-order valence-electron chi connectivity index (χ3n) is 3.88. The number of hydrogen-bond acceptors (Lipinski definition) is 4. The van der Waals surface area contributed by atoms with Crippen LogP contribution in [0.25, 0.3) is 0 Å². The Balaban J connectivity index is 2.13. The second-order valence-corrected chi connectivity index (χ2v) is 7.84. The molecule has 0 saturated carbocycles. The van der Waals surface area contributed by atoms with Crippen LogP contribution in [0.2, 0.25) is 5.02 Å². The third kappa shape index (κ3) is 5.01. The minimum atomic E-state index is -4.86. The fourth-order valence-corrected chi connectivity index (χ4v) is 4.32. The average Bonchev–Trinajstić information content (AvgIpc) is 2.54. The third-order valence-corrected chi connectivity index (χ3v) is 5.69. The first-order valence-corrected chi connectivity index (χ1v) is 9.71. The van der Waals surface area contributed by atoms with E-state index in [0.717, 1.165) is 12.1 Å². The minimum Gasteiger partial charge on any atom is -0.450 e. The number of halogens is 4. The van der Waals surface area contributed by atoms with E-state index < -0.39 is 38.8 Å². The van der Waals surface area contributed by atoms with Gasteiger partial charge in [0.2, 0.25) is 10.0 Å². The van der Waals surface area contributed by atoms with Gasteiger partial charge in [-0.1, -0.05) is 11.6 Å². The smallest absolute Gasteiger partial charge is 0.417 e. The van der Waals surface area contributed by atoms with Crippen molar-refractivity contribution in [1.82, 2.24) is 9.62 Å². The zero-order chi connectivity index (χ0) is 19.5. The number of nitrogens with one attached hydrogen (secondary N) is 1. The van der Waals surface area contributed by atoms with Gasteiger partial charge in [-0.15, -0.1) is 0 Å². The Labute approximate surface area is 154 Å². The number of amides is 1. The summed E-state index contributed by atoms with van der Waals surface area (Å²) < 4.78 is 71.4. The second-order valence-electron chi connectivity index (χ2n) is 5.72. The van der Waals surface area contributed by atoms with Crippen LogP contribution in [-0.2, 0) is 20.9 Å². The van der Waals surface area contributed by atoms with Crippen LogP contribution in [0.3, 0.4) is 0 Å². The van der Waals surface area contributed by atoms with Gasteiger partial charge in [0.15, 0.2) is 0 Å². The SMILES string of the molecule is CCOC(=O)N1CCC(NS(=O)(=O)c2ccc(Cl)cc2C(F)(F)F)CC1. The summed E-state index contributed by atoms with van der Waals surface area (Å²) in [6, 6.07) is 1.93. The largest absolute Gasteiger partial charge is 0.450 e. The molecule has 0 spiro atoms. The van der Waals surface area contributed by atoms with Crippen molar-refractivity contribution in [2.45, 2.75) is 36.9 Å². The van der Waals surface area contributed by atoms with Crippen molar-refractivity contribution in [2.24, 2.45) is 0 Å². The molecule has 1 amide bonds. The summed E-state index contributed by atoms with van der Waals surface area (Å²) in [5.41, 5.74) is -1.32. The highest BCUT2D eigenvalue weighted by molar-refractivity contribution is 7.89. The number of sulfonamides is 1. The lowest BCUT2D eigenvalue weighted by atomic mass is 10.1. The van der Waals surface area contributed by atoms with Crippen LogP contribution in [0.1, 0.15) is 25.3 Å². The summed E-state index contributed by atoms with van der Waals surface area (Å²) in [6.45, 7) is 2.39. The fourth-order valence-electron chi connectivity index (χ4n) is 2.64. The maximum absolute atomic E-state index is 13.1. The summed E-state index contributed by atoms with van der Waals surface area (Å²) in [5.74, 6) is 0. The van der Waals surface area contributed by atoms with E-state index in [-0.39, 0.29) is 37.6 Å². The molecular formula is C15H18ClF3N2O4S. The zero-order valence-electron chi connectivity index (χ0n) is 13.8. The molecule has 1 aromatic rings. The van der Waals surface area contributed by atoms with Gasteiger partial charge in [0.05, 0.1) is 17.1 Å². The summed E-state index contributed by atoms with van der Waals surface area (Å²) in [4.78, 5) is 12.2. The Morgan fingerprint density at radius 2 is 1.96 bits per heavy atom. The fraction of sp³-hybridized carbons (Fsp3) is 0.533. The van der Waals surface area contributed by atoms with Crippen LogP contribution in [0.4, 0.5) is 18.0 Å². The van der Waals surface area contributed by atoms with Gasteiger partial charge < -0.3 is 9.64 Å². The molecule has 1 aliphatic heterocycles. The first kappa shape index (κ1) is 20.8. The number of hydrogen-bond donors (Lipinski definition) is 1. The normalized spacial score (nSPS) is 16.6. The molecular weight excluding hydrogens is 397 g/mol. The van der Waals surface area contributed by atoms with E-state index in [9.17, 15) is 26.4 Å². The molecule has 0 atom stereocenters. The number of carbonyl (C=O) groups excluding carboxylic acids is 1. The van der Waals surface area contributed by atoms with Crippen molar-refractivity contribution in [3.63, 3.8) is 0 Å². The molecule has 146 valence electrons. The Morgan fingerprint density at radius 1 is 1.35 bits per heavy atom. The maximum Gasteiger partial charge on any atom is 0.417 e. The van der Waals surface area contributed by atoms with Gasteiger partial charge in [-0.25, -0.2) is 17.9 Å². The van der Waals surface area contributed by atoms with Crippen LogP contribution < -0.4 is 4.72 Å². The van der Waals surface area contributed by atoms with Crippen molar-refractivity contribution in [2.75, 3.05) is 19.7 Å². The molecule has 11 heteroatoms. The van der Waals surface area contributed by atoms with Gasteiger partial charge in [0.1, 0.15) is 0 Å². The highest BCUT2D eigenvalue weighted by Gasteiger charge is 2.38. The van der Waals surface area contributed by atoms with Gasteiger partial charge in [-0.2, -0.15) is 13.2 Å². The number of piperidine rings is 1. The van der Waals surface area contributed by atoms with E-state index in [1.165, 1.54) is 4.90 Å². The highest BCUT2D eigenvalue weighted by Crippen LogP contribution is 2.36.